The quantitative estimate of drug-likeness (QED) is 0.514. The van der Waals surface area contributed by atoms with Crippen molar-refractivity contribution in [3.8, 4) is 0 Å². The second kappa shape index (κ2) is 11.0. The van der Waals surface area contributed by atoms with Crippen LogP contribution in [0, 0.1) is 0 Å². The van der Waals surface area contributed by atoms with E-state index < -0.39 is 0 Å². The predicted octanol–water partition coefficient (Wildman–Crippen LogP) is 4.77. The molecule has 160 valence electrons. The molecule has 2 amide bonds. The maximum Gasteiger partial charge on any atom is 0.244 e. The Morgan fingerprint density at radius 1 is 0.903 bits per heavy atom. The lowest BCUT2D eigenvalue weighted by Crippen LogP contribution is -2.41. The van der Waals surface area contributed by atoms with E-state index in [1.807, 2.05) is 54.6 Å². The summed E-state index contributed by atoms with van der Waals surface area (Å²) < 4.78 is 0. The van der Waals surface area contributed by atoms with Crippen LogP contribution in [0.2, 0.25) is 10.0 Å². The van der Waals surface area contributed by atoms with E-state index in [0.717, 1.165) is 11.1 Å². The number of rotatable bonds is 8. The molecule has 2 N–H and O–H groups in total. The summed E-state index contributed by atoms with van der Waals surface area (Å²) in [5, 5.41) is 7.08. The number of para-hydroxylation sites is 1. The first-order valence-electron chi connectivity index (χ1n) is 9.76. The highest BCUT2D eigenvalue weighted by Gasteiger charge is 2.18. The number of carbonyl (C=O) groups is 2. The minimum Gasteiger partial charge on any atom is -0.335 e. The zero-order valence-corrected chi connectivity index (χ0v) is 18.5. The van der Waals surface area contributed by atoms with Crippen LogP contribution in [0.25, 0.3) is 0 Å². The summed E-state index contributed by atoms with van der Waals surface area (Å²) in [4.78, 5) is 26.3. The zero-order valence-electron chi connectivity index (χ0n) is 17.0. The van der Waals surface area contributed by atoms with Crippen molar-refractivity contribution >= 4 is 40.7 Å². The van der Waals surface area contributed by atoms with E-state index in [9.17, 15) is 9.59 Å². The second-order valence-electron chi connectivity index (χ2n) is 7.06. The van der Waals surface area contributed by atoms with Crippen LogP contribution in [-0.2, 0) is 9.59 Å². The van der Waals surface area contributed by atoms with E-state index in [1.165, 1.54) is 4.90 Å². The predicted molar refractivity (Wildman–Crippen MR) is 125 cm³/mol. The zero-order chi connectivity index (χ0) is 22.2. The van der Waals surface area contributed by atoms with Crippen molar-refractivity contribution in [2.75, 3.05) is 25.5 Å². The largest absolute Gasteiger partial charge is 0.335 e. The van der Waals surface area contributed by atoms with E-state index in [0.29, 0.717) is 15.7 Å². The molecule has 0 aliphatic heterocycles. The molecule has 0 bridgehead atoms. The number of carbonyl (C=O) groups excluding carboxylic acids is 2. The van der Waals surface area contributed by atoms with Gasteiger partial charge < -0.3 is 10.2 Å². The number of benzene rings is 3. The molecule has 1 unspecified atom stereocenters. The molecule has 0 heterocycles. The van der Waals surface area contributed by atoms with Crippen molar-refractivity contribution in [3.63, 3.8) is 0 Å². The fraction of sp³-hybridized carbons (Fsp3) is 0.167. The van der Waals surface area contributed by atoms with Crippen LogP contribution in [0.5, 0.6) is 0 Å². The van der Waals surface area contributed by atoms with E-state index in [-0.39, 0.29) is 30.9 Å². The third kappa shape index (κ3) is 6.56. The molecule has 0 aliphatic rings. The molecule has 0 saturated carbocycles. The molecule has 0 radical (unpaired) electrons. The second-order valence-corrected chi connectivity index (χ2v) is 7.90. The van der Waals surface area contributed by atoms with Gasteiger partial charge in [-0.3, -0.25) is 14.9 Å². The summed E-state index contributed by atoms with van der Waals surface area (Å²) >= 11 is 12.2. The molecule has 5 nitrogen and oxygen atoms in total. The number of nitrogens with zero attached hydrogens (tertiary/aromatic N) is 1. The van der Waals surface area contributed by atoms with Crippen LogP contribution in [0.3, 0.4) is 0 Å². The maximum atomic E-state index is 12.7. The lowest BCUT2D eigenvalue weighted by Gasteiger charge is -2.22. The van der Waals surface area contributed by atoms with Crippen LogP contribution in [0.15, 0.2) is 78.9 Å². The number of hydrogen-bond acceptors (Lipinski definition) is 3. The highest BCUT2D eigenvalue weighted by Crippen LogP contribution is 2.24. The van der Waals surface area contributed by atoms with Gasteiger partial charge in [-0.25, -0.2) is 0 Å². The molecule has 0 saturated heterocycles. The van der Waals surface area contributed by atoms with Crippen molar-refractivity contribution in [1.82, 2.24) is 10.2 Å². The Morgan fingerprint density at radius 3 is 2.29 bits per heavy atom. The number of anilines is 1. The molecule has 3 aromatic rings. The Labute approximate surface area is 192 Å². The Morgan fingerprint density at radius 2 is 1.58 bits per heavy atom. The van der Waals surface area contributed by atoms with E-state index >= 15 is 0 Å². The maximum absolute atomic E-state index is 12.7. The van der Waals surface area contributed by atoms with E-state index in [2.05, 4.69) is 10.6 Å². The summed E-state index contributed by atoms with van der Waals surface area (Å²) in [6, 6.07) is 24.1. The van der Waals surface area contributed by atoms with Crippen molar-refractivity contribution in [2.45, 2.75) is 6.04 Å². The van der Waals surface area contributed by atoms with Gasteiger partial charge in [-0.15, -0.1) is 0 Å². The van der Waals surface area contributed by atoms with Gasteiger partial charge in [-0.05, 0) is 35.4 Å². The highest BCUT2D eigenvalue weighted by molar-refractivity contribution is 6.33. The molecule has 0 fully saturated rings. The standard InChI is InChI=1S/C24H23Cl2N3O2/c1-29(16-22(30)28-21-13-6-5-12-20(21)26)23(31)15-27-24(17-8-3-2-4-9-17)18-10-7-11-19(25)14-18/h2-14,24,27H,15-16H2,1H3,(H,28,30). The van der Waals surface area contributed by atoms with Crippen molar-refractivity contribution in [1.29, 1.82) is 0 Å². The van der Waals surface area contributed by atoms with Crippen LogP contribution >= 0.6 is 23.2 Å². The van der Waals surface area contributed by atoms with Gasteiger partial charge in [-0.2, -0.15) is 0 Å². The third-order valence-corrected chi connectivity index (χ3v) is 5.29. The molecule has 7 heteroatoms. The smallest absolute Gasteiger partial charge is 0.244 e. The molecule has 0 aromatic heterocycles. The van der Waals surface area contributed by atoms with Crippen LogP contribution < -0.4 is 10.6 Å². The summed E-state index contributed by atoms with van der Waals surface area (Å²) in [6.07, 6.45) is 0. The number of halogens is 2. The van der Waals surface area contributed by atoms with Gasteiger partial charge in [0.05, 0.1) is 29.8 Å². The number of nitrogens with one attached hydrogen (secondary N) is 2. The molecular weight excluding hydrogens is 433 g/mol. The number of likely N-dealkylation sites (N-methyl/N-ethyl adjacent to an activating group) is 1. The first-order valence-corrected chi connectivity index (χ1v) is 10.5. The lowest BCUT2D eigenvalue weighted by molar-refractivity contribution is -0.132. The van der Waals surface area contributed by atoms with Gasteiger partial charge in [0, 0.05) is 12.1 Å². The Kier molecular flexibility index (Phi) is 8.06. The van der Waals surface area contributed by atoms with Crippen LogP contribution in [0.1, 0.15) is 17.2 Å². The summed E-state index contributed by atoms with van der Waals surface area (Å²) in [6.45, 7) is -0.0269. The Bertz CT molecular complexity index is 1040. The minimum absolute atomic E-state index is 0.0575. The van der Waals surface area contributed by atoms with Crippen molar-refractivity contribution in [3.05, 3.63) is 100 Å². The average molecular weight is 456 g/mol. The summed E-state index contributed by atoms with van der Waals surface area (Å²) in [5.74, 6) is -0.532. The fourth-order valence-electron chi connectivity index (χ4n) is 3.14. The van der Waals surface area contributed by atoms with Crippen molar-refractivity contribution in [2.24, 2.45) is 0 Å². The third-order valence-electron chi connectivity index (χ3n) is 4.73. The van der Waals surface area contributed by atoms with Gasteiger partial charge in [-0.1, -0.05) is 77.8 Å². The van der Waals surface area contributed by atoms with Gasteiger partial charge in [0.15, 0.2) is 0 Å². The highest BCUT2D eigenvalue weighted by atomic mass is 35.5. The van der Waals surface area contributed by atoms with Gasteiger partial charge >= 0.3 is 0 Å². The molecule has 1 atom stereocenters. The van der Waals surface area contributed by atoms with Gasteiger partial charge in [0.1, 0.15) is 0 Å². The summed E-state index contributed by atoms with van der Waals surface area (Å²) in [5.41, 5.74) is 2.47. The van der Waals surface area contributed by atoms with Crippen LogP contribution in [-0.4, -0.2) is 36.9 Å². The summed E-state index contributed by atoms with van der Waals surface area (Å²) in [7, 11) is 1.59. The van der Waals surface area contributed by atoms with E-state index in [4.69, 9.17) is 23.2 Å². The molecule has 31 heavy (non-hydrogen) atoms. The molecule has 3 rings (SSSR count). The molecule has 0 spiro atoms. The van der Waals surface area contributed by atoms with Gasteiger partial charge in [0.2, 0.25) is 11.8 Å². The lowest BCUT2D eigenvalue weighted by atomic mass is 9.99. The molecule has 3 aromatic carbocycles. The average Bonchev–Trinajstić information content (AvgIpc) is 2.76. The van der Waals surface area contributed by atoms with E-state index in [1.54, 1.807) is 31.3 Å². The SMILES string of the molecule is CN(CC(=O)Nc1ccccc1Cl)C(=O)CNC(c1ccccc1)c1cccc(Cl)c1. The Balaban J connectivity index is 1.62. The number of amides is 2. The monoisotopic (exact) mass is 455 g/mol. The Hall–Kier alpha value is -2.86. The molecule has 0 aliphatic carbocycles. The first-order chi connectivity index (χ1) is 14.9. The normalized spacial score (nSPS) is 11.6. The fourth-order valence-corrected chi connectivity index (χ4v) is 3.52. The van der Waals surface area contributed by atoms with Crippen molar-refractivity contribution < 1.29 is 9.59 Å². The first kappa shape index (κ1) is 22.8. The topological polar surface area (TPSA) is 61.4 Å². The van der Waals surface area contributed by atoms with Gasteiger partial charge in [0.25, 0.3) is 0 Å². The van der Waals surface area contributed by atoms with Crippen LogP contribution in [0.4, 0.5) is 5.69 Å². The number of hydrogen-bond donors (Lipinski definition) is 2. The minimum atomic E-state index is -0.321. The molecular formula is C24H23Cl2N3O2.